The molecule has 0 spiro atoms. The number of nitrogens with zero attached hydrogens (tertiary/aromatic N) is 1. The molecule has 0 aliphatic carbocycles. The Balaban J connectivity index is 2.99. The van der Waals surface area contributed by atoms with Crippen molar-refractivity contribution in [3.63, 3.8) is 0 Å². The van der Waals surface area contributed by atoms with Gasteiger partial charge in [0.05, 0.1) is 13.0 Å². The molecule has 2 unspecified atom stereocenters. The summed E-state index contributed by atoms with van der Waals surface area (Å²) in [5, 5.41) is 9.20. The highest BCUT2D eigenvalue weighted by Gasteiger charge is 2.45. The van der Waals surface area contributed by atoms with Crippen molar-refractivity contribution in [3.05, 3.63) is 0 Å². The molecule has 114 valence electrons. The molecule has 1 saturated heterocycles. The summed E-state index contributed by atoms with van der Waals surface area (Å²) < 4.78 is 9.85. The van der Waals surface area contributed by atoms with E-state index < -0.39 is 35.6 Å². The lowest BCUT2D eigenvalue weighted by molar-refractivity contribution is -0.159. The number of carboxylic acids is 1. The highest BCUT2D eigenvalue weighted by molar-refractivity contribution is 5.87. The number of carbonyl (C=O) groups excluding carboxylic acids is 2. The second kappa shape index (κ2) is 6.11. The highest BCUT2D eigenvalue weighted by Crippen LogP contribution is 2.26. The van der Waals surface area contributed by atoms with Crippen molar-refractivity contribution in [2.45, 2.75) is 45.3 Å². The fourth-order valence-electron chi connectivity index (χ4n) is 2.19. The molecular weight excluding hydrogens is 266 g/mol. The lowest BCUT2D eigenvalue weighted by Crippen LogP contribution is -2.56. The molecule has 1 heterocycles. The molecule has 1 rings (SSSR count). The van der Waals surface area contributed by atoms with Gasteiger partial charge in [0, 0.05) is 6.54 Å². The van der Waals surface area contributed by atoms with Crippen molar-refractivity contribution in [1.29, 1.82) is 0 Å². The number of hydrogen-bond acceptors (Lipinski definition) is 5. The van der Waals surface area contributed by atoms with E-state index in [0.29, 0.717) is 12.8 Å². The molecule has 1 fully saturated rings. The number of likely N-dealkylation sites (tertiary alicyclic amines) is 1. The Morgan fingerprint density at radius 1 is 1.25 bits per heavy atom. The Morgan fingerprint density at radius 3 is 2.30 bits per heavy atom. The molecule has 7 heteroatoms. The minimum absolute atomic E-state index is 0.276. The Kier molecular flexibility index (Phi) is 4.97. The van der Waals surface area contributed by atoms with Gasteiger partial charge in [-0.3, -0.25) is 9.69 Å². The van der Waals surface area contributed by atoms with Crippen LogP contribution in [0.15, 0.2) is 0 Å². The van der Waals surface area contributed by atoms with Crippen LogP contribution in [0.3, 0.4) is 0 Å². The monoisotopic (exact) mass is 287 g/mol. The fraction of sp³-hybridized carbons (Fsp3) is 0.769. The predicted molar refractivity (Wildman–Crippen MR) is 69.1 cm³/mol. The van der Waals surface area contributed by atoms with Crippen molar-refractivity contribution >= 4 is 18.0 Å². The van der Waals surface area contributed by atoms with Gasteiger partial charge in [0.1, 0.15) is 11.6 Å². The second-order valence-electron chi connectivity index (χ2n) is 5.73. The number of methoxy groups -OCH3 is 1. The maximum absolute atomic E-state index is 12.1. The third-order valence-electron chi connectivity index (χ3n) is 3.02. The number of hydrogen-bond donors (Lipinski definition) is 1. The Hall–Kier alpha value is -1.79. The van der Waals surface area contributed by atoms with Gasteiger partial charge in [0.25, 0.3) is 0 Å². The molecule has 0 aromatic heterocycles. The maximum Gasteiger partial charge on any atom is 0.411 e. The topological polar surface area (TPSA) is 93.1 Å². The van der Waals surface area contributed by atoms with Gasteiger partial charge < -0.3 is 14.6 Å². The van der Waals surface area contributed by atoms with E-state index in [1.165, 1.54) is 7.11 Å². The van der Waals surface area contributed by atoms with Crippen LogP contribution in [0.25, 0.3) is 0 Å². The van der Waals surface area contributed by atoms with Crippen LogP contribution in [-0.2, 0) is 19.1 Å². The molecule has 1 amide bonds. The molecule has 7 nitrogen and oxygen atoms in total. The second-order valence-corrected chi connectivity index (χ2v) is 5.73. The zero-order valence-electron chi connectivity index (χ0n) is 12.2. The van der Waals surface area contributed by atoms with Crippen molar-refractivity contribution in [2.75, 3.05) is 13.7 Å². The van der Waals surface area contributed by atoms with E-state index in [-0.39, 0.29) is 6.54 Å². The number of rotatable bonds is 2. The van der Waals surface area contributed by atoms with Crippen LogP contribution in [0, 0.1) is 5.92 Å². The van der Waals surface area contributed by atoms with Crippen LogP contribution >= 0.6 is 0 Å². The van der Waals surface area contributed by atoms with Crippen molar-refractivity contribution < 1.29 is 29.0 Å². The van der Waals surface area contributed by atoms with Crippen molar-refractivity contribution in [1.82, 2.24) is 4.90 Å². The van der Waals surface area contributed by atoms with Crippen LogP contribution < -0.4 is 0 Å². The number of piperidine rings is 1. The third-order valence-corrected chi connectivity index (χ3v) is 3.02. The molecule has 2 atom stereocenters. The van der Waals surface area contributed by atoms with Gasteiger partial charge in [0.15, 0.2) is 0 Å². The zero-order chi connectivity index (χ0) is 15.5. The number of carboxylic acid groups (broad SMARTS) is 1. The van der Waals surface area contributed by atoms with Crippen LogP contribution in [0.4, 0.5) is 4.79 Å². The lowest BCUT2D eigenvalue weighted by Gasteiger charge is -2.38. The van der Waals surface area contributed by atoms with Gasteiger partial charge in [-0.25, -0.2) is 9.59 Å². The van der Waals surface area contributed by atoms with Crippen LogP contribution in [-0.4, -0.2) is 53.3 Å². The molecule has 1 aliphatic rings. The van der Waals surface area contributed by atoms with Crippen LogP contribution in [0.2, 0.25) is 0 Å². The molecule has 1 N–H and O–H groups in total. The van der Waals surface area contributed by atoms with Crippen LogP contribution in [0.5, 0.6) is 0 Å². The molecule has 0 aromatic carbocycles. The predicted octanol–water partition coefficient (Wildman–Crippen LogP) is 1.26. The molecular formula is C13H21NO6. The van der Waals surface area contributed by atoms with Gasteiger partial charge in [-0.15, -0.1) is 0 Å². The van der Waals surface area contributed by atoms with Gasteiger partial charge in [-0.2, -0.15) is 0 Å². The first-order valence-corrected chi connectivity index (χ1v) is 6.47. The highest BCUT2D eigenvalue weighted by atomic mass is 16.6. The van der Waals surface area contributed by atoms with Crippen molar-refractivity contribution in [2.24, 2.45) is 5.92 Å². The van der Waals surface area contributed by atoms with E-state index in [4.69, 9.17) is 4.74 Å². The molecule has 20 heavy (non-hydrogen) atoms. The fourth-order valence-corrected chi connectivity index (χ4v) is 2.19. The summed E-state index contributed by atoms with van der Waals surface area (Å²) in [7, 11) is 1.17. The average Bonchev–Trinajstić information content (AvgIpc) is 2.34. The smallest absolute Gasteiger partial charge is 0.411 e. The van der Waals surface area contributed by atoms with E-state index in [9.17, 15) is 19.5 Å². The lowest BCUT2D eigenvalue weighted by atomic mass is 9.89. The summed E-state index contributed by atoms with van der Waals surface area (Å²) in [4.78, 5) is 36.3. The van der Waals surface area contributed by atoms with E-state index in [0.717, 1.165) is 4.90 Å². The van der Waals surface area contributed by atoms with Gasteiger partial charge >= 0.3 is 18.0 Å². The van der Waals surface area contributed by atoms with Crippen LogP contribution in [0.1, 0.15) is 33.6 Å². The number of amides is 1. The largest absolute Gasteiger partial charge is 0.481 e. The average molecular weight is 287 g/mol. The van der Waals surface area contributed by atoms with E-state index in [1.54, 1.807) is 20.8 Å². The zero-order valence-corrected chi connectivity index (χ0v) is 12.2. The summed E-state index contributed by atoms with van der Waals surface area (Å²) in [5.74, 6) is -2.82. The molecule has 0 aromatic rings. The SMILES string of the molecule is COC(=O)C1C(C(=O)O)CCCN1C(=O)OC(C)(C)C. The van der Waals surface area contributed by atoms with Crippen molar-refractivity contribution in [3.8, 4) is 0 Å². The number of esters is 1. The van der Waals surface area contributed by atoms with E-state index >= 15 is 0 Å². The maximum atomic E-state index is 12.1. The normalized spacial score (nSPS) is 23.1. The van der Waals surface area contributed by atoms with Gasteiger partial charge in [-0.05, 0) is 33.6 Å². The quantitative estimate of drug-likeness (QED) is 0.768. The van der Waals surface area contributed by atoms with Gasteiger partial charge in [0.2, 0.25) is 0 Å². The molecule has 0 bridgehead atoms. The Morgan fingerprint density at radius 2 is 1.85 bits per heavy atom. The standard InChI is InChI=1S/C13H21NO6/c1-13(2,3)20-12(18)14-7-5-6-8(10(15)16)9(14)11(17)19-4/h8-9H,5-7H2,1-4H3,(H,15,16). The molecule has 1 aliphatic heterocycles. The summed E-state index contributed by atoms with van der Waals surface area (Å²) in [6.07, 6.45) is 0.136. The number of aliphatic carboxylic acids is 1. The minimum atomic E-state index is -1.14. The summed E-state index contributed by atoms with van der Waals surface area (Å²) in [6, 6.07) is -1.14. The first-order valence-electron chi connectivity index (χ1n) is 6.47. The van der Waals surface area contributed by atoms with Gasteiger partial charge in [-0.1, -0.05) is 0 Å². The Bertz CT molecular complexity index is 400. The summed E-state index contributed by atoms with van der Waals surface area (Å²) in [6.45, 7) is 5.39. The first kappa shape index (κ1) is 16.3. The minimum Gasteiger partial charge on any atom is -0.481 e. The van der Waals surface area contributed by atoms with E-state index in [1.807, 2.05) is 0 Å². The number of carbonyl (C=O) groups is 3. The number of ether oxygens (including phenoxy) is 2. The third kappa shape index (κ3) is 3.85. The van der Waals surface area contributed by atoms with E-state index in [2.05, 4.69) is 4.74 Å². The summed E-state index contributed by atoms with van der Waals surface area (Å²) in [5.41, 5.74) is -0.714. The Labute approximate surface area is 117 Å². The molecule has 0 saturated carbocycles. The summed E-state index contributed by atoms with van der Waals surface area (Å²) >= 11 is 0. The first-order chi connectivity index (χ1) is 9.17. The molecule has 0 radical (unpaired) electrons.